The molecule has 0 saturated heterocycles. The molecule has 96 valence electrons. The van der Waals surface area contributed by atoms with Crippen molar-refractivity contribution in [1.82, 2.24) is 9.78 Å². The number of aryl methyl sites for hydroxylation is 1. The molecule has 0 aliphatic rings. The van der Waals surface area contributed by atoms with E-state index in [1.165, 1.54) is 4.88 Å². The van der Waals surface area contributed by atoms with Crippen LogP contribution < -0.4 is 5.73 Å². The van der Waals surface area contributed by atoms with Crippen LogP contribution in [0.2, 0.25) is 0 Å². The molecule has 3 nitrogen and oxygen atoms in total. The maximum absolute atomic E-state index is 6.28. The number of nitrogens with two attached hydrogens (primary N) is 1. The second kappa shape index (κ2) is 4.99. The molecule has 0 fully saturated rings. The summed E-state index contributed by atoms with van der Waals surface area (Å²) in [4.78, 5) is 1.25. The van der Waals surface area contributed by atoms with Gasteiger partial charge in [-0.05, 0) is 42.1 Å². The van der Waals surface area contributed by atoms with Crippen LogP contribution in [0.1, 0.15) is 22.2 Å². The summed E-state index contributed by atoms with van der Waals surface area (Å²) in [7, 11) is 0. The second-order valence-electron chi connectivity index (χ2n) is 4.43. The van der Waals surface area contributed by atoms with Gasteiger partial charge in [0.1, 0.15) is 0 Å². The first-order chi connectivity index (χ1) is 9.25. The summed E-state index contributed by atoms with van der Waals surface area (Å²) in [6.45, 7) is 2.09. The van der Waals surface area contributed by atoms with E-state index in [-0.39, 0.29) is 6.04 Å². The molecule has 1 aromatic carbocycles. The summed E-state index contributed by atoms with van der Waals surface area (Å²) in [5.74, 6) is 0. The van der Waals surface area contributed by atoms with E-state index in [1.54, 1.807) is 11.3 Å². The van der Waals surface area contributed by atoms with Gasteiger partial charge in [0, 0.05) is 11.1 Å². The van der Waals surface area contributed by atoms with Gasteiger partial charge in [-0.3, -0.25) is 0 Å². The molecule has 0 aliphatic carbocycles. The molecular weight excluding hydrogens is 254 g/mol. The summed E-state index contributed by atoms with van der Waals surface area (Å²) in [5, 5.41) is 6.64. The van der Waals surface area contributed by atoms with Crippen LogP contribution in [0.4, 0.5) is 0 Å². The van der Waals surface area contributed by atoms with E-state index in [9.17, 15) is 0 Å². The average molecular weight is 269 g/mol. The number of rotatable bonds is 3. The highest BCUT2D eigenvalue weighted by atomic mass is 32.1. The van der Waals surface area contributed by atoms with Crippen LogP contribution in [0.15, 0.2) is 54.0 Å². The lowest BCUT2D eigenvalue weighted by atomic mass is 10.1. The van der Waals surface area contributed by atoms with Crippen LogP contribution in [-0.4, -0.2) is 9.78 Å². The van der Waals surface area contributed by atoms with E-state index < -0.39 is 0 Å². The number of nitrogens with zero attached hydrogens (tertiary/aromatic N) is 2. The van der Waals surface area contributed by atoms with E-state index >= 15 is 0 Å². The lowest BCUT2D eigenvalue weighted by Gasteiger charge is -2.08. The van der Waals surface area contributed by atoms with E-state index in [0.717, 1.165) is 16.9 Å². The van der Waals surface area contributed by atoms with Crippen molar-refractivity contribution in [3.8, 4) is 5.69 Å². The molecule has 2 heterocycles. The number of hydrogen-bond donors (Lipinski definition) is 1. The Morgan fingerprint density at radius 3 is 2.63 bits per heavy atom. The summed E-state index contributed by atoms with van der Waals surface area (Å²) >= 11 is 1.72. The molecule has 2 N–H and O–H groups in total. The molecule has 3 rings (SSSR count). The highest BCUT2D eigenvalue weighted by molar-refractivity contribution is 7.10. The Labute approximate surface area is 116 Å². The number of aromatic nitrogens is 2. The van der Waals surface area contributed by atoms with Crippen LogP contribution in [-0.2, 0) is 0 Å². The first-order valence-electron chi connectivity index (χ1n) is 6.16. The topological polar surface area (TPSA) is 43.8 Å². The van der Waals surface area contributed by atoms with Gasteiger partial charge < -0.3 is 5.73 Å². The van der Waals surface area contributed by atoms with E-state index in [0.29, 0.717) is 0 Å². The fourth-order valence-electron chi connectivity index (χ4n) is 2.11. The number of para-hydroxylation sites is 1. The van der Waals surface area contributed by atoms with Crippen molar-refractivity contribution in [2.24, 2.45) is 5.73 Å². The van der Waals surface area contributed by atoms with Gasteiger partial charge in [-0.2, -0.15) is 5.10 Å². The summed E-state index contributed by atoms with van der Waals surface area (Å²) in [6, 6.07) is 13.9. The van der Waals surface area contributed by atoms with E-state index in [1.807, 2.05) is 47.3 Å². The molecule has 1 unspecified atom stereocenters. The summed E-state index contributed by atoms with van der Waals surface area (Å²) in [6.07, 6.45) is 1.95. The Morgan fingerprint density at radius 1 is 1.16 bits per heavy atom. The fourth-order valence-corrected chi connectivity index (χ4v) is 2.86. The van der Waals surface area contributed by atoms with E-state index in [4.69, 9.17) is 5.73 Å². The van der Waals surface area contributed by atoms with Gasteiger partial charge >= 0.3 is 0 Å². The minimum Gasteiger partial charge on any atom is -0.319 e. The van der Waals surface area contributed by atoms with Crippen molar-refractivity contribution in [1.29, 1.82) is 0 Å². The van der Waals surface area contributed by atoms with Crippen molar-refractivity contribution in [2.75, 3.05) is 0 Å². The molecule has 3 aromatic rings. The lowest BCUT2D eigenvalue weighted by Crippen LogP contribution is -2.13. The minimum atomic E-state index is -0.156. The monoisotopic (exact) mass is 269 g/mol. The Morgan fingerprint density at radius 2 is 1.95 bits per heavy atom. The molecule has 4 heteroatoms. The molecule has 2 aromatic heterocycles. The van der Waals surface area contributed by atoms with Crippen molar-refractivity contribution < 1.29 is 0 Å². The van der Waals surface area contributed by atoms with Gasteiger partial charge in [0.05, 0.1) is 17.4 Å². The summed E-state index contributed by atoms with van der Waals surface area (Å²) < 4.78 is 1.86. The molecule has 0 saturated carbocycles. The van der Waals surface area contributed by atoms with Gasteiger partial charge in [0.15, 0.2) is 0 Å². The van der Waals surface area contributed by atoms with Gasteiger partial charge in [-0.15, -0.1) is 11.3 Å². The van der Waals surface area contributed by atoms with Crippen molar-refractivity contribution in [3.63, 3.8) is 0 Å². The SMILES string of the molecule is Cc1sccc1C(N)c1ccn(-c2ccccc2)n1. The number of hydrogen-bond acceptors (Lipinski definition) is 3. The Balaban J connectivity index is 1.92. The largest absolute Gasteiger partial charge is 0.319 e. The average Bonchev–Trinajstić information content (AvgIpc) is 3.08. The lowest BCUT2D eigenvalue weighted by molar-refractivity contribution is 0.772. The van der Waals surface area contributed by atoms with Crippen LogP contribution in [0.25, 0.3) is 5.69 Å². The first-order valence-corrected chi connectivity index (χ1v) is 7.04. The van der Waals surface area contributed by atoms with Gasteiger partial charge in [0.25, 0.3) is 0 Å². The summed E-state index contributed by atoms with van der Waals surface area (Å²) in [5.41, 5.74) is 9.38. The zero-order chi connectivity index (χ0) is 13.2. The van der Waals surface area contributed by atoms with Crippen LogP contribution >= 0.6 is 11.3 Å². The molecule has 0 aliphatic heterocycles. The zero-order valence-corrected chi connectivity index (χ0v) is 11.5. The van der Waals surface area contributed by atoms with Crippen molar-refractivity contribution in [3.05, 3.63) is 70.2 Å². The second-order valence-corrected chi connectivity index (χ2v) is 5.55. The van der Waals surface area contributed by atoms with Gasteiger partial charge in [0.2, 0.25) is 0 Å². The third-order valence-electron chi connectivity index (χ3n) is 3.18. The highest BCUT2D eigenvalue weighted by Crippen LogP contribution is 2.25. The predicted molar refractivity (Wildman–Crippen MR) is 78.7 cm³/mol. The molecule has 19 heavy (non-hydrogen) atoms. The van der Waals surface area contributed by atoms with Crippen LogP contribution in [0.5, 0.6) is 0 Å². The predicted octanol–water partition coefficient (Wildman–Crippen LogP) is 3.29. The van der Waals surface area contributed by atoms with Gasteiger partial charge in [-0.25, -0.2) is 4.68 Å². The van der Waals surface area contributed by atoms with E-state index in [2.05, 4.69) is 23.5 Å². The van der Waals surface area contributed by atoms with Gasteiger partial charge in [-0.1, -0.05) is 18.2 Å². The number of benzene rings is 1. The molecule has 1 atom stereocenters. The smallest absolute Gasteiger partial charge is 0.0842 e. The zero-order valence-electron chi connectivity index (χ0n) is 10.7. The minimum absolute atomic E-state index is 0.156. The molecular formula is C15H15N3S. The Bertz CT molecular complexity index is 670. The van der Waals surface area contributed by atoms with Crippen LogP contribution in [0, 0.1) is 6.92 Å². The normalized spacial score (nSPS) is 12.5. The first kappa shape index (κ1) is 12.1. The molecule has 0 spiro atoms. The molecule has 0 radical (unpaired) electrons. The Kier molecular flexibility index (Phi) is 3.19. The highest BCUT2D eigenvalue weighted by Gasteiger charge is 2.15. The third kappa shape index (κ3) is 2.32. The quantitative estimate of drug-likeness (QED) is 0.793. The van der Waals surface area contributed by atoms with Crippen molar-refractivity contribution in [2.45, 2.75) is 13.0 Å². The third-order valence-corrected chi connectivity index (χ3v) is 4.04. The fraction of sp³-hybridized carbons (Fsp3) is 0.133. The maximum Gasteiger partial charge on any atom is 0.0842 e. The maximum atomic E-state index is 6.28. The number of thiophene rings is 1. The standard InChI is InChI=1S/C15H15N3S/c1-11-13(8-10-19-11)15(16)14-7-9-18(17-14)12-5-3-2-4-6-12/h2-10,15H,16H2,1H3. The molecule has 0 bridgehead atoms. The van der Waals surface area contributed by atoms with Crippen molar-refractivity contribution >= 4 is 11.3 Å². The van der Waals surface area contributed by atoms with Crippen LogP contribution in [0.3, 0.4) is 0 Å². The molecule has 0 amide bonds. The Hall–Kier alpha value is -1.91.